The Morgan fingerprint density at radius 2 is 2.10 bits per heavy atom. The third kappa shape index (κ3) is 5.55. The molecule has 1 aromatic carbocycles. The fraction of sp³-hybridized carbons (Fsp3) is 0.625. The van der Waals surface area contributed by atoms with Crippen molar-refractivity contribution in [2.45, 2.75) is 44.8 Å². The van der Waals surface area contributed by atoms with Gasteiger partial charge in [-0.2, -0.15) is 0 Å². The summed E-state index contributed by atoms with van der Waals surface area (Å²) in [5.74, 6) is 0.609. The number of hydrogen-bond acceptors (Lipinski definition) is 3. The van der Waals surface area contributed by atoms with E-state index in [-0.39, 0.29) is 0 Å². The summed E-state index contributed by atoms with van der Waals surface area (Å²) in [6.45, 7) is 3.12. The van der Waals surface area contributed by atoms with Gasteiger partial charge in [0.25, 0.3) is 0 Å². The maximum absolute atomic E-state index is 10.1. The molecule has 3 nitrogen and oxygen atoms in total. The quantitative estimate of drug-likeness (QED) is 0.707. The number of benzene rings is 1. The van der Waals surface area contributed by atoms with Gasteiger partial charge in [0.05, 0.1) is 18.8 Å². The monoisotopic (exact) mass is 419 g/mol. The minimum Gasteiger partial charge on any atom is -0.389 e. The highest BCUT2D eigenvalue weighted by Crippen LogP contribution is 2.27. The molecule has 0 spiro atoms. The van der Waals surface area contributed by atoms with Gasteiger partial charge in [0.15, 0.2) is 0 Å². The molecule has 0 bridgehead atoms. The van der Waals surface area contributed by atoms with E-state index in [0.29, 0.717) is 25.2 Å². The van der Waals surface area contributed by atoms with Crippen LogP contribution < -0.4 is 5.32 Å². The van der Waals surface area contributed by atoms with E-state index in [9.17, 15) is 5.11 Å². The largest absolute Gasteiger partial charge is 0.389 e. The van der Waals surface area contributed by atoms with Crippen LogP contribution in [0.3, 0.4) is 0 Å². The van der Waals surface area contributed by atoms with Crippen molar-refractivity contribution >= 4 is 37.5 Å². The van der Waals surface area contributed by atoms with Crippen molar-refractivity contribution in [1.82, 2.24) is 0 Å². The first-order valence-electron chi connectivity index (χ1n) is 7.55. The molecule has 0 saturated heterocycles. The first kappa shape index (κ1) is 17.3. The van der Waals surface area contributed by atoms with E-state index >= 15 is 0 Å². The van der Waals surface area contributed by atoms with E-state index in [1.807, 2.05) is 18.2 Å². The molecule has 0 radical (unpaired) electrons. The van der Waals surface area contributed by atoms with Crippen LogP contribution in [0.5, 0.6) is 0 Å². The number of ether oxygens (including phenoxy) is 1. The Balaban J connectivity index is 1.74. The normalized spacial score (nSPS) is 23.8. The zero-order valence-electron chi connectivity index (χ0n) is 12.3. The van der Waals surface area contributed by atoms with E-state index in [1.54, 1.807) is 0 Å². The molecule has 5 heteroatoms. The van der Waals surface area contributed by atoms with E-state index in [0.717, 1.165) is 21.1 Å². The van der Waals surface area contributed by atoms with Crippen molar-refractivity contribution in [2.24, 2.45) is 5.92 Å². The molecule has 2 rings (SSSR count). The summed E-state index contributed by atoms with van der Waals surface area (Å²) in [7, 11) is 0. The summed E-state index contributed by atoms with van der Waals surface area (Å²) < 4.78 is 7.88. The van der Waals surface area contributed by atoms with Crippen LogP contribution in [0.2, 0.25) is 0 Å². The Labute approximate surface area is 143 Å². The molecule has 3 unspecified atom stereocenters. The second kappa shape index (κ2) is 8.51. The third-order valence-electron chi connectivity index (χ3n) is 3.99. The second-order valence-electron chi connectivity index (χ2n) is 5.79. The van der Waals surface area contributed by atoms with Gasteiger partial charge in [-0.05, 0) is 52.9 Å². The Hall–Kier alpha value is -0.100. The van der Waals surface area contributed by atoms with Crippen molar-refractivity contribution in [3.8, 4) is 0 Å². The van der Waals surface area contributed by atoms with Crippen molar-refractivity contribution in [2.75, 3.05) is 18.5 Å². The first-order valence-corrected chi connectivity index (χ1v) is 9.13. The van der Waals surface area contributed by atoms with Gasteiger partial charge in [0.1, 0.15) is 0 Å². The molecular formula is C16H23Br2NO2. The molecule has 0 aliphatic heterocycles. The minimum atomic E-state index is -0.495. The molecule has 0 aromatic heterocycles. The van der Waals surface area contributed by atoms with Gasteiger partial charge in [0, 0.05) is 21.2 Å². The minimum absolute atomic E-state index is 0.311. The zero-order valence-corrected chi connectivity index (χ0v) is 15.5. The Kier molecular flexibility index (Phi) is 6.99. The molecule has 21 heavy (non-hydrogen) atoms. The molecule has 0 heterocycles. The highest BCUT2D eigenvalue weighted by molar-refractivity contribution is 9.11. The van der Waals surface area contributed by atoms with Crippen molar-refractivity contribution in [3.05, 3.63) is 27.1 Å². The first-order chi connectivity index (χ1) is 10.1. The molecule has 2 N–H and O–H groups in total. The van der Waals surface area contributed by atoms with Crippen LogP contribution in [0.15, 0.2) is 27.1 Å². The van der Waals surface area contributed by atoms with Crippen LogP contribution in [0, 0.1) is 5.92 Å². The number of anilines is 1. The molecular weight excluding hydrogens is 398 g/mol. The topological polar surface area (TPSA) is 41.5 Å². The lowest BCUT2D eigenvalue weighted by Gasteiger charge is -2.29. The van der Waals surface area contributed by atoms with Gasteiger partial charge in [-0.25, -0.2) is 0 Å². The standard InChI is InChI=1S/C16H23Br2NO2/c1-11-4-2-3-5-16(11)21-10-13(20)9-19-15-8-12(17)6-7-14(15)18/h6-8,11,13,16,19-20H,2-5,9-10H2,1H3. The summed E-state index contributed by atoms with van der Waals surface area (Å²) in [6.07, 6.45) is 4.73. The van der Waals surface area contributed by atoms with Crippen LogP contribution in [-0.2, 0) is 4.74 Å². The lowest BCUT2D eigenvalue weighted by molar-refractivity contribution is -0.0424. The second-order valence-corrected chi connectivity index (χ2v) is 7.56. The Bertz CT molecular complexity index is 456. The highest BCUT2D eigenvalue weighted by atomic mass is 79.9. The van der Waals surface area contributed by atoms with Gasteiger partial charge >= 0.3 is 0 Å². The summed E-state index contributed by atoms with van der Waals surface area (Å²) >= 11 is 6.94. The van der Waals surface area contributed by atoms with Crippen molar-refractivity contribution in [3.63, 3.8) is 0 Å². The fourth-order valence-corrected chi connectivity index (χ4v) is 3.43. The van der Waals surface area contributed by atoms with Gasteiger partial charge in [-0.15, -0.1) is 0 Å². The van der Waals surface area contributed by atoms with Crippen LogP contribution in [-0.4, -0.2) is 30.5 Å². The molecule has 1 aliphatic carbocycles. The van der Waals surface area contributed by atoms with E-state index in [1.165, 1.54) is 19.3 Å². The van der Waals surface area contributed by atoms with E-state index < -0.39 is 6.10 Å². The smallest absolute Gasteiger partial charge is 0.0945 e. The fourth-order valence-electron chi connectivity index (χ4n) is 2.68. The Morgan fingerprint density at radius 3 is 2.86 bits per heavy atom. The molecule has 1 aliphatic rings. The van der Waals surface area contributed by atoms with Gasteiger partial charge in [-0.3, -0.25) is 0 Å². The average Bonchev–Trinajstić information content (AvgIpc) is 2.47. The predicted molar refractivity (Wildman–Crippen MR) is 93.7 cm³/mol. The maximum atomic E-state index is 10.1. The molecule has 0 amide bonds. The summed E-state index contributed by atoms with van der Waals surface area (Å²) in [4.78, 5) is 0. The van der Waals surface area contributed by atoms with Gasteiger partial charge < -0.3 is 15.2 Å². The molecule has 1 fully saturated rings. The summed E-state index contributed by atoms with van der Waals surface area (Å²) in [5, 5.41) is 13.3. The van der Waals surface area contributed by atoms with Crippen LogP contribution in [0.4, 0.5) is 5.69 Å². The Morgan fingerprint density at radius 1 is 1.33 bits per heavy atom. The number of rotatable bonds is 6. The maximum Gasteiger partial charge on any atom is 0.0945 e. The zero-order chi connectivity index (χ0) is 15.2. The highest BCUT2D eigenvalue weighted by Gasteiger charge is 2.22. The number of halogens is 2. The van der Waals surface area contributed by atoms with Crippen molar-refractivity contribution < 1.29 is 9.84 Å². The lowest BCUT2D eigenvalue weighted by Crippen LogP contribution is -2.32. The SMILES string of the molecule is CC1CCCCC1OCC(O)CNc1cc(Br)ccc1Br. The number of nitrogens with one attached hydrogen (secondary N) is 1. The van der Waals surface area contributed by atoms with Gasteiger partial charge in [-0.1, -0.05) is 35.7 Å². The molecule has 3 atom stereocenters. The lowest BCUT2D eigenvalue weighted by atomic mass is 9.88. The number of aliphatic hydroxyl groups is 1. The molecule has 1 aromatic rings. The van der Waals surface area contributed by atoms with Crippen LogP contribution in [0.25, 0.3) is 0 Å². The van der Waals surface area contributed by atoms with Crippen LogP contribution in [0.1, 0.15) is 32.6 Å². The average molecular weight is 421 g/mol. The molecule has 118 valence electrons. The summed E-state index contributed by atoms with van der Waals surface area (Å²) in [6, 6.07) is 5.93. The van der Waals surface area contributed by atoms with Crippen LogP contribution >= 0.6 is 31.9 Å². The third-order valence-corrected chi connectivity index (χ3v) is 5.18. The van der Waals surface area contributed by atoms with Gasteiger partial charge in [0.2, 0.25) is 0 Å². The van der Waals surface area contributed by atoms with E-state index in [2.05, 4.69) is 44.1 Å². The van der Waals surface area contributed by atoms with E-state index in [4.69, 9.17) is 4.74 Å². The predicted octanol–water partition coefficient (Wildman–Crippen LogP) is 4.58. The molecule has 1 saturated carbocycles. The summed E-state index contributed by atoms with van der Waals surface area (Å²) in [5.41, 5.74) is 0.967. The number of hydrogen-bond donors (Lipinski definition) is 2. The van der Waals surface area contributed by atoms with Crippen molar-refractivity contribution in [1.29, 1.82) is 0 Å². The number of aliphatic hydroxyl groups excluding tert-OH is 1.